The first-order chi connectivity index (χ1) is 17.2. The minimum absolute atomic E-state index is 0.0651. The maximum absolute atomic E-state index is 15.3. The fraction of sp³-hybridized carbons (Fsp3) is 0.419. The molecule has 0 saturated carbocycles. The molecule has 1 atom stereocenters. The van der Waals surface area contributed by atoms with Crippen molar-refractivity contribution in [3.8, 4) is 23.5 Å². The fourth-order valence-electron chi connectivity index (χ4n) is 4.66. The Labute approximate surface area is 214 Å². The molecule has 4 rings (SSSR count). The SMILES string of the molecule is C#CC1=C(F)C=C(c2cc(CC3CNCCO3)ccc2-c2ccc(CC(C)(C)O)cc2F)CC1.CC. The minimum atomic E-state index is -0.928. The monoisotopic (exact) mass is 493 g/mol. The lowest BCUT2D eigenvalue weighted by molar-refractivity contribution is 0.0292. The van der Waals surface area contributed by atoms with Crippen molar-refractivity contribution in [3.05, 3.63) is 76.4 Å². The smallest absolute Gasteiger partial charge is 0.135 e. The number of hydrogen-bond donors (Lipinski definition) is 2. The fourth-order valence-corrected chi connectivity index (χ4v) is 4.66. The summed E-state index contributed by atoms with van der Waals surface area (Å²) in [5.41, 5.74) is 3.98. The zero-order chi connectivity index (χ0) is 26.3. The van der Waals surface area contributed by atoms with E-state index in [0.717, 1.165) is 35.4 Å². The molecule has 1 unspecified atom stereocenters. The molecule has 1 heterocycles. The van der Waals surface area contributed by atoms with E-state index in [2.05, 4.69) is 11.2 Å². The van der Waals surface area contributed by atoms with Crippen LogP contribution in [0.4, 0.5) is 8.78 Å². The molecule has 2 aliphatic rings. The van der Waals surface area contributed by atoms with Gasteiger partial charge in [-0.3, -0.25) is 0 Å². The first-order valence-corrected chi connectivity index (χ1v) is 12.8. The summed E-state index contributed by atoms with van der Waals surface area (Å²) in [6.07, 6.45) is 9.09. The van der Waals surface area contributed by atoms with Crippen LogP contribution in [0.15, 0.2) is 53.9 Å². The number of nitrogens with one attached hydrogen (secondary N) is 1. The van der Waals surface area contributed by atoms with Crippen LogP contribution in [0.5, 0.6) is 0 Å². The number of hydrogen-bond acceptors (Lipinski definition) is 3. The van der Waals surface area contributed by atoms with Gasteiger partial charge in [-0.2, -0.15) is 0 Å². The molecular formula is C31H37F2NO2. The van der Waals surface area contributed by atoms with Crippen LogP contribution in [0, 0.1) is 18.2 Å². The van der Waals surface area contributed by atoms with Crippen molar-refractivity contribution >= 4 is 5.57 Å². The van der Waals surface area contributed by atoms with Crippen LogP contribution in [0.3, 0.4) is 0 Å². The van der Waals surface area contributed by atoms with Crippen molar-refractivity contribution in [2.75, 3.05) is 19.7 Å². The summed E-state index contributed by atoms with van der Waals surface area (Å²) in [5.74, 6) is 1.66. The van der Waals surface area contributed by atoms with E-state index in [1.807, 2.05) is 38.1 Å². The lowest BCUT2D eigenvalue weighted by Gasteiger charge is -2.24. The van der Waals surface area contributed by atoms with Gasteiger partial charge in [-0.15, -0.1) is 6.42 Å². The standard InChI is InChI=1S/C29H31F2NO2.C2H6/c1-4-21-7-8-22(16-27(21)30)26-14-19(13-23-18-32-11-12-34-23)5-9-24(26)25-10-6-20(15-28(25)31)17-29(2,3)33;1-2/h1,5-6,9-10,14-16,23,32-33H,7-8,11-13,17-18H2,2-3H3;1-2H3. The number of halogens is 2. The lowest BCUT2D eigenvalue weighted by Crippen LogP contribution is -2.39. The van der Waals surface area contributed by atoms with Gasteiger partial charge in [0.2, 0.25) is 0 Å². The Balaban J connectivity index is 0.00000176. The quantitative estimate of drug-likeness (QED) is 0.458. The molecule has 36 heavy (non-hydrogen) atoms. The molecule has 2 aromatic rings. The van der Waals surface area contributed by atoms with Gasteiger partial charge in [0.1, 0.15) is 11.6 Å². The molecule has 1 aliphatic heterocycles. The molecule has 2 N–H and O–H groups in total. The predicted molar refractivity (Wildman–Crippen MR) is 144 cm³/mol. The number of morpholine rings is 1. The highest BCUT2D eigenvalue weighted by Crippen LogP contribution is 2.38. The molecule has 1 fully saturated rings. The van der Waals surface area contributed by atoms with Crippen molar-refractivity contribution in [3.63, 3.8) is 0 Å². The molecule has 1 saturated heterocycles. The first-order valence-electron chi connectivity index (χ1n) is 12.8. The van der Waals surface area contributed by atoms with Crippen LogP contribution >= 0.6 is 0 Å². The largest absolute Gasteiger partial charge is 0.390 e. The van der Waals surface area contributed by atoms with Gasteiger partial charge in [0.05, 0.1) is 18.3 Å². The third-order valence-electron chi connectivity index (χ3n) is 6.27. The van der Waals surface area contributed by atoms with E-state index in [0.29, 0.717) is 49.0 Å². The minimum Gasteiger partial charge on any atom is -0.390 e. The van der Waals surface area contributed by atoms with Crippen molar-refractivity contribution in [1.29, 1.82) is 0 Å². The Morgan fingerprint density at radius 3 is 2.39 bits per heavy atom. The van der Waals surface area contributed by atoms with Crippen LogP contribution in [0.25, 0.3) is 16.7 Å². The number of terminal acetylenes is 1. The van der Waals surface area contributed by atoms with Gasteiger partial charge in [0.25, 0.3) is 0 Å². The van der Waals surface area contributed by atoms with Gasteiger partial charge in [-0.1, -0.05) is 50.1 Å². The Bertz CT molecular complexity index is 1160. The second kappa shape index (κ2) is 12.5. The third kappa shape index (κ3) is 7.13. The highest BCUT2D eigenvalue weighted by molar-refractivity contribution is 5.84. The summed E-state index contributed by atoms with van der Waals surface area (Å²) >= 11 is 0. The van der Waals surface area contributed by atoms with E-state index in [1.165, 1.54) is 12.1 Å². The van der Waals surface area contributed by atoms with E-state index < -0.39 is 11.4 Å². The molecule has 0 amide bonds. The summed E-state index contributed by atoms with van der Waals surface area (Å²) in [6, 6.07) is 11.0. The highest BCUT2D eigenvalue weighted by atomic mass is 19.1. The summed E-state index contributed by atoms with van der Waals surface area (Å²) in [7, 11) is 0. The van der Waals surface area contributed by atoms with Crippen LogP contribution in [-0.2, 0) is 17.6 Å². The highest BCUT2D eigenvalue weighted by Gasteiger charge is 2.21. The Morgan fingerprint density at radius 1 is 1.06 bits per heavy atom. The number of ether oxygens (including phenoxy) is 1. The number of benzene rings is 2. The summed E-state index contributed by atoms with van der Waals surface area (Å²) < 4.78 is 35.8. The number of rotatable bonds is 6. The van der Waals surface area contributed by atoms with Crippen LogP contribution < -0.4 is 5.32 Å². The summed E-state index contributed by atoms with van der Waals surface area (Å²) in [6.45, 7) is 9.69. The van der Waals surface area contributed by atoms with Gasteiger partial charge in [-0.25, -0.2) is 8.78 Å². The van der Waals surface area contributed by atoms with Crippen LogP contribution in [-0.4, -0.2) is 36.5 Å². The molecule has 1 aliphatic carbocycles. The van der Waals surface area contributed by atoms with Crippen molar-refractivity contribution < 1.29 is 18.6 Å². The molecule has 0 spiro atoms. The first kappa shape index (κ1) is 27.8. The maximum Gasteiger partial charge on any atom is 0.135 e. The molecular weight excluding hydrogens is 456 g/mol. The average Bonchev–Trinajstić information content (AvgIpc) is 2.85. The van der Waals surface area contributed by atoms with Gasteiger partial charge < -0.3 is 15.2 Å². The van der Waals surface area contributed by atoms with Gasteiger partial charge in [0.15, 0.2) is 0 Å². The second-order valence-corrected chi connectivity index (χ2v) is 9.72. The topological polar surface area (TPSA) is 41.5 Å². The number of aliphatic hydroxyl groups is 1. The Morgan fingerprint density at radius 2 is 1.78 bits per heavy atom. The molecule has 0 aromatic heterocycles. The number of allylic oxidation sites excluding steroid dienone is 4. The summed E-state index contributed by atoms with van der Waals surface area (Å²) in [5, 5.41) is 13.4. The second-order valence-electron chi connectivity index (χ2n) is 9.72. The zero-order valence-corrected chi connectivity index (χ0v) is 21.8. The van der Waals surface area contributed by atoms with E-state index in [-0.39, 0.29) is 11.9 Å². The van der Waals surface area contributed by atoms with E-state index in [4.69, 9.17) is 11.2 Å². The zero-order valence-electron chi connectivity index (χ0n) is 21.8. The normalized spacial score (nSPS) is 18.2. The average molecular weight is 494 g/mol. The molecule has 192 valence electrons. The van der Waals surface area contributed by atoms with Crippen molar-refractivity contribution in [1.82, 2.24) is 5.32 Å². The van der Waals surface area contributed by atoms with Gasteiger partial charge in [0, 0.05) is 30.6 Å². The van der Waals surface area contributed by atoms with Crippen molar-refractivity contribution in [2.24, 2.45) is 0 Å². The Kier molecular flexibility index (Phi) is 9.62. The molecule has 2 aromatic carbocycles. The van der Waals surface area contributed by atoms with Gasteiger partial charge in [-0.05, 0) is 73.1 Å². The molecule has 0 bridgehead atoms. The van der Waals surface area contributed by atoms with Crippen LogP contribution in [0.1, 0.15) is 57.2 Å². The van der Waals surface area contributed by atoms with Crippen molar-refractivity contribution in [2.45, 2.75) is 65.1 Å². The molecule has 3 nitrogen and oxygen atoms in total. The predicted octanol–water partition coefficient (Wildman–Crippen LogP) is 6.40. The Hall–Kier alpha value is -2.78. The van der Waals surface area contributed by atoms with Crippen LogP contribution in [0.2, 0.25) is 0 Å². The van der Waals surface area contributed by atoms with E-state index in [1.54, 1.807) is 19.9 Å². The van der Waals surface area contributed by atoms with E-state index >= 15 is 4.39 Å². The van der Waals surface area contributed by atoms with E-state index in [9.17, 15) is 9.50 Å². The molecule has 0 radical (unpaired) electrons. The maximum atomic E-state index is 15.3. The summed E-state index contributed by atoms with van der Waals surface area (Å²) in [4.78, 5) is 0. The third-order valence-corrected chi connectivity index (χ3v) is 6.27. The molecule has 5 heteroatoms. The van der Waals surface area contributed by atoms with Gasteiger partial charge >= 0.3 is 0 Å². The lowest BCUT2D eigenvalue weighted by atomic mass is 9.86.